The molecule has 2 unspecified atom stereocenters. The van der Waals surface area contributed by atoms with Crippen molar-refractivity contribution in [1.29, 1.82) is 0 Å². The van der Waals surface area contributed by atoms with Gasteiger partial charge >= 0.3 is 6.09 Å². The number of hydrogen-bond donors (Lipinski definition) is 1. The normalized spacial score (nSPS) is 27.1. The number of halogens is 1. The van der Waals surface area contributed by atoms with Crippen LogP contribution in [0.4, 0.5) is 4.79 Å². The van der Waals surface area contributed by atoms with E-state index in [-0.39, 0.29) is 12.7 Å². The molecular formula is C12H14ClNO3S. The third kappa shape index (κ3) is 3.10. The number of carbonyl (C=O) groups excluding carboxylic acids is 1. The summed E-state index contributed by atoms with van der Waals surface area (Å²) in [5.41, 5.74) is 5.97. The lowest BCUT2D eigenvalue weighted by molar-refractivity contribution is -0.0278. The zero-order valence-electron chi connectivity index (χ0n) is 9.89. The van der Waals surface area contributed by atoms with Crippen molar-refractivity contribution in [2.45, 2.75) is 18.0 Å². The van der Waals surface area contributed by atoms with Crippen LogP contribution in [0.5, 0.6) is 0 Å². The second-order valence-corrected chi connectivity index (χ2v) is 5.97. The van der Waals surface area contributed by atoms with Gasteiger partial charge in [0, 0.05) is 10.8 Å². The lowest BCUT2D eigenvalue weighted by Gasteiger charge is -2.24. The highest BCUT2D eigenvalue weighted by molar-refractivity contribution is 8.00. The van der Waals surface area contributed by atoms with E-state index >= 15 is 0 Å². The van der Waals surface area contributed by atoms with Crippen molar-refractivity contribution >= 4 is 29.5 Å². The molecular weight excluding hydrogens is 274 g/mol. The summed E-state index contributed by atoms with van der Waals surface area (Å²) < 4.78 is 10.7. The predicted octanol–water partition coefficient (Wildman–Crippen LogP) is 2.74. The SMILES string of the molecule is CC1(c2ccc(Cl)cc2)OC(COC(N)=O)CS1. The first-order chi connectivity index (χ1) is 8.49. The molecule has 0 aromatic heterocycles. The Balaban J connectivity index is 2.01. The first-order valence-corrected chi connectivity index (χ1v) is 6.86. The maximum Gasteiger partial charge on any atom is 0.404 e. The van der Waals surface area contributed by atoms with E-state index in [1.54, 1.807) is 11.8 Å². The fraction of sp³-hybridized carbons (Fsp3) is 0.417. The predicted molar refractivity (Wildman–Crippen MR) is 71.7 cm³/mol. The molecule has 2 atom stereocenters. The molecule has 1 amide bonds. The lowest BCUT2D eigenvalue weighted by atomic mass is 10.1. The molecule has 1 saturated heterocycles. The molecule has 98 valence electrons. The summed E-state index contributed by atoms with van der Waals surface area (Å²) in [6, 6.07) is 7.54. The maximum atomic E-state index is 10.5. The van der Waals surface area contributed by atoms with Crippen molar-refractivity contribution in [2.24, 2.45) is 5.73 Å². The smallest absolute Gasteiger partial charge is 0.404 e. The summed E-state index contributed by atoms with van der Waals surface area (Å²) in [7, 11) is 0. The Morgan fingerprint density at radius 3 is 2.89 bits per heavy atom. The number of carbonyl (C=O) groups is 1. The third-order valence-corrected chi connectivity index (χ3v) is 4.39. The van der Waals surface area contributed by atoms with Gasteiger partial charge in [0.25, 0.3) is 0 Å². The van der Waals surface area contributed by atoms with E-state index in [0.29, 0.717) is 5.02 Å². The van der Waals surface area contributed by atoms with Gasteiger partial charge in [0.1, 0.15) is 17.6 Å². The second-order valence-electron chi connectivity index (χ2n) is 4.13. The van der Waals surface area contributed by atoms with Crippen LogP contribution in [0.2, 0.25) is 5.02 Å². The van der Waals surface area contributed by atoms with Crippen molar-refractivity contribution in [2.75, 3.05) is 12.4 Å². The zero-order valence-corrected chi connectivity index (χ0v) is 11.5. The molecule has 1 aliphatic rings. The van der Waals surface area contributed by atoms with Gasteiger partial charge in [-0.2, -0.15) is 0 Å². The number of primary amides is 1. The fourth-order valence-corrected chi connectivity index (χ4v) is 3.10. The van der Waals surface area contributed by atoms with E-state index in [1.807, 2.05) is 31.2 Å². The Morgan fingerprint density at radius 2 is 2.28 bits per heavy atom. The second kappa shape index (κ2) is 5.38. The Labute approximate surface area is 115 Å². The van der Waals surface area contributed by atoms with E-state index in [1.165, 1.54) is 0 Å². The number of hydrogen-bond acceptors (Lipinski definition) is 4. The van der Waals surface area contributed by atoms with Gasteiger partial charge in [-0.1, -0.05) is 23.7 Å². The van der Waals surface area contributed by atoms with E-state index in [2.05, 4.69) is 0 Å². The van der Waals surface area contributed by atoms with Gasteiger partial charge in [-0.05, 0) is 24.6 Å². The van der Waals surface area contributed by atoms with Crippen molar-refractivity contribution in [3.8, 4) is 0 Å². The summed E-state index contributed by atoms with van der Waals surface area (Å²) >= 11 is 7.52. The summed E-state index contributed by atoms with van der Waals surface area (Å²) in [5, 5.41) is 0.693. The zero-order chi connectivity index (χ0) is 13.2. The van der Waals surface area contributed by atoms with Crippen molar-refractivity contribution in [3.05, 3.63) is 34.9 Å². The number of rotatable bonds is 3. The number of nitrogens with two attached hydrogens (primary N) is 1. The minimum Gasteiger partial charge on any atom is -0.447 e. The minimum absolute atomic E-state index is 0.136. The van der Waals surface area contributed by atoms with Crippen molar-refractivity contribution in [1.82, 2.24) is 0 Å². The number of amides is 1. The molecule has 1 aromatic carbocycles. The van der Waals surface area contributed by atoms with Crippen LogP contribution in [0.15, 0.2) is 24.3 Å². The molecule has 0 saturated carbocycles. The maximum absolute atomic E-state index is 10.5. The molecule has 0 bridgehead atoms. The Bertz CT molecular complexity index is 439. The van der Waals surface area contributed by atoms with Gasteiger partial charge in [-0.15, -0.1) is 11.8 Å². The molecule has 18 heavy (non-hydrogen) atoms. The van der Waals surface area contributed by atoms with Gasteiger partial charge in [-0.25, -0.2) is 4.79 Å². The molecule has 0 spiro atoms. The Hall–Kier alpha value is -0.910. The summed E-state index contributed by atoms with van der Waals surface area (Å²) in [4.78, 5) is 10.1. The van der Waals surface area contributed by atoms with E-state index in [0.717, 1.165) is 11.3 Å². The van der Waals surface area contributed by atoms with Crippen LogP contribution in [-0.4, -0.2) is 24.6 Å². The quantitative estimate of drug-likeness (QED) is 0.928. The molecule has 1 aliphatic heterocycles. The van der Waals surface area contributed by atoms with Crippen LogP contribution in [0.1, 0.15) is 12.5 Å². The molecule has 4 nitrogen and oxygen atoms in total. The lowest BCUT2D eigenvalue weighted by Crippen LogP contribution is -2.26. The number of ether oxygens (including phenoxy) is 2. The van der Waals surface area contributed by atoms with Gasteiger partial charge in [-0.3, -0.25) is 0 Å². The van der Waals surface area contributed by atoms with E-state index in [4.69, 9.17) is 26.8 Å². The Morgan fingerprint density at radius 1 is 1.61 bits per heavy atom. The first kappa shape index (κ1) is 13.5. The molecule has 6 heteroatoms. The molecule has 1 aromatic rings. The third-order valence-electron chi connectivity index (χ3n) is 2.72. The van der Waals surface area contributed by atoms with Crippen LogP contribution < -0.4 is 5.73 Å². The number of thioether (sulfide) groups is 1. The van der Waals surface area contributed by atoms with Crippen LogP contribution >= 0.6 is 23.4 Å². The minimum atomic E-state index is -0.774. The topological polar surface area (TPSA) is 61.6 Å². The molecule has 1 fully saturated rings. The van der Waals surface area contributed by atoms with Crippen LogP contribution in [0, 0.1) is 0 Å². The van der Waals surface area contributed by atoms with Crippen LogP contribution in [0.25, 0.3) is 0 Å². The molecule has 2 N–H and O–H groups in total. The summed E-state index contributed by atoms with van der Waals surface area (Å²) in [6.45, 7) is 2.18. The summed E-state index contributed by atoms with van der Waals surface area (Å²) in [6.07, 6.45) is -0.910. The molecule has 0 aliphatic carbocycles. The van der Waals surface area contributed by atoms with Gasteiger partial charge in [0.15, 0.2) is 0 Å². The van der Waals surface area contributed by atoms with Gasteiger partial charge < -0.3 is 15.2 Å². The van der Waals surface area contributed by atoms with Gasteiger partial charge in [0.2, 0.25) is 0 Å². The van der Waals surface area contributed by atoms with Crippen molar-refractivity contribution in [3.63, 3.8) is 0 Å². The van der Waals surface area contributed by atoms with E-state index < -0.39 is 11.0 Å². The first-order valence-electron chi connectivity index (χ1n) is 5.50. The highest BCUT2D eigenvalue weighted by Crippen LogP contribution is 2.44. The molecule has 2 rings (SSSR count). The highest BCUT2D eigenvalue weighted by atomic mass is 35.5. The largest absolute Gasteiger partial charge is 0.447 e. The average Bonchev–Trinajstić information content (AvgIpc) is 2.71. The fourth-order valence-electron chi connectivity index (χ4n) is 1.80. The van der Waals surface area contributed by atoms with E-state index in [9.17, 15) is 4.79 Å². The average molecular weight is 288 g/mol. The summed E-state index contributed by atoms with van der Waals surface area (Å²) in [5.74, 6) is 0.756. The monoisotopic (exact) mass is 287 g/mol. The molecule has 1 heterocycles. The van der Waals surface area contributed by atoms with Gasteiger partial charge in [0.05, 0.1) is 0 Å². The van der Waals surface area contributed by atoms with Crippen LogP contribution in [0.3, 0.4) is 0 Å². The highest BCUT2D eigenvalue weighted by Gasteiger charge is 2.38. The van der Waals surface area contributed by atoms with Crippen LogP contribution in [-0.2, 0) is 14.4 Å². The number of benzene rings is 1. The molecule has 0 radical (unpaired) electrons. The Kier molecular flexibility index (Phi) is 4.04. The van der Waals surface area contributed by atoms with Crippen molar-refractivity contribution < 1.29 is 14.3 Å². The standard InChI is InChI=1S/C12H14ClNO3S/c1-12(8-2-4-9(13)5-3-8)17-10(7-18-12)6-16-11(14)15/h2-5,10H,6-7H2,1H3,(H2,14,15).